The van der Waals surface area contributed by atoms with Crippen molar-refractivity contribution >= 4 is 17.3 Å². The van der Waals surface area contributed by atoms with Crippen LogP contribution in [0.5, 0.6) is 0 Å². The van der Waals surface area contributed by atoms with Gasteiger partial charge in [0, 0.05) is 29.4 Å². The first-order valence-electron chi connectivity index (χ1n) is 8.47. The Morgan fingerprint density at radius 3 is 2.92 bits per heavy atom. The Bertz CT molecular complexity index is 868. The topological polar surface area (TPSA) is 89.3 Å². The lowest BCUT2D eigenvalue weighted by Crippen LogP contribution is -2.42. The van der Waals surface area contributed by atoms with Gasteiger partial charge in [0.15, 0.2) is 0 Å². The summed E-state index contributed by atoms with van der Waals surface area (Å²) in [5, 5.41) is 25.1. The Labute approximate surface area is 149 Å². The van der Waals surface area contributed by atoms with Gasteiger partial charge >= 0.3 is 0 Å². The number of hydrogen-bond acceptors (Lipinski definition) is 6. The van der Waals surface area contributed by atoms with Gasteiger partial charge in [0.05, 0.1) is 11.4 Å². The van der Waals surface area contributed by atoms with Crippen LogP contribution in [0.4, 0.5) is 10.1 Å². The third-order valence-electron chi connectivity index (χ3n) is 4.58. The summed E-state index contributed by atoms with van der Waals surface area (Å²) in [6.45, 7) is 1.78. The van der Waals surface area contributed by atoms with Crippen molar-refractivity contribution in [2.24, 2.45) is 10.2 Å². The number of halogens is 1. The van der Waals surface area contributed by atoms with E-state index in [0.717, 1.165) is 37.1 Å². The highest BCUT2D eigenvalue weighted by Gasteiger charge is 2.24. The van der Waals surface area contributed by atoms with E-state index in [1.165, 1.54) is 12.3 Å². The van der Waals surface area contributed by atoms with Crippen molar-refractivity contribution in [3.8, 4) is 0 Å². The van der Waals surface area contributed by atoms with Crippen LogP contribution in [-0.2, 0) is 0 Å². The summed E-state index contributed by atoms with van der Waals surface area (Å²) in [6.07, 6.45) is 5.29. The number of hydrogen-bond donors (Lipinski definition) is 3. The Kier molecular flexibility index (Phi) is 4.36. The molecular weight excluding hydrogens is 337 g/mol. The summed E-state index contributed by atoms with van der Waals surface area (Å²) in [7, 11) is 0. The van der Waals surface area contributed by atoms with Gasteiger partial charge in [-0.05, 0) is 50.2 Å². The quantitative estimate of drug-likeness (QED) is 0.761. The molecule has 1 aromatic carbocycles. The first kappa shape index (κ1) is 16.6. The van der Waals surface area contributed by atoms with Crippen LogP contribution in [0.3, 0.4) is 0 Å². The molecule has 3 N–H and O–H groups in total. The molecule has 3 aliphatic heterocycles. The van der Waals surface area contributed by atoms with Crippen molar-refractivity contribution in [3.63, 3.8) is 0 Å². The van der Waals surface area contributed by atoms with E-state index in [1.807, 2.05) is 0 Å². The first-order valence-corrected chi connectivity index (χ1v) is 8.47. The van der Waals surface area contributed by atoms with E-state index in [4.69, 9.17) is 0 Å². The van der Waals surface area contributed by atoms with Crippen LogP contribution in [0.15, 0.2) is 58.3 Å². The minimum atomic E-state index is -0.499. The van der Waals surface area contributed by atoms with Crippen LogP contribution < -0.4 is 10.6 Å². The van der Waals surface area contributed by atoms with Gasteiger partial charge in [-0.15, -0.1) is 10.2 Å². The molecule has 1 saturated heterocycles. The van der Waals surface area contributed by atoms with Gasteiger partial charge in [-0.3, -0.25) is 10.0 Å². The molecule has 0 spiro atoms. The van der Waals surface area contributed by atoms with Crippen molar-refractivity contribution in [1.82, 2.24) is 15.7 Å². The molecule has 0 atom stereocenters. The summed E-state index contributed by atoms with van der Waals surface area (Å²) >= 11 is 0. The van der Waals surface area contributed by atoms with E-state index < -0.39 is 5.83 Å². The standard InChI is InChI=1S/C18H18FN5O2/c19-12-5-8-24(26)16(10-12)17-14-9-11(1-2-15(14)22-23-17)18(25)21-13-3-6-20-7-4-13/h1-2,5,8-10,13,20,26H,3-4,6-7H2,(H,21,25)/b17-16+. The second-order valence-electron chi connectivity index (χ2n) is 6.35. The summed E-state index contributed by atoms with van der Waals surface area (Å²) < 4.78 is 13.6. The predicted molar refractivity (Wildman–Crippen MR) is 93.2 cm³/mol. The second kappa shape index (κ2) is 6.81. The fourth-order valence-corrected chi connectivity index (χ4v) is 3.18. The molecule has 0 saturated carbocycles. The van der Waals surface area contributed by atoms with Crippen LogP contribution in [0, 0.1) is 0 Å². The lowest BCUT2D eigenvalue weighted by molar-refractivity contribution is -0.000414. The minimum Gasteiger partial charge on any atom is -0.349 e. The molecule has 0 radical (unpaired) electrons. The number of fused-ring (bicyclic) bond motifs is 1. The van der Waals surface area contributed by atoms with Crippen LogP contribution in [0.2, 0.25) is 0 Å². The van der Waals surface area contributed by atoms with E-state index in [-0.39, 0.29) is 17.6 Å². The van der Waals surface area contributed by atoms with Crippen LogP contribution in [0.25, 0.3) is 5.70 Å². The van der Waals surface area contributed by atoms with Gasteiger partial charge in [-0.25, -0.2) is 9.45 Å². The number of hydroxylamine groups is 2. The Hall–Kier alpha value is -2.84. The first-order chi connectivity index (χ1) is 12.6. The fourth-order valence-electron chi connectivity index (χ4n) is 3.18. The highest BCUT2D eigenvalue weighted by molar-refractivity contribution is 5.96. The summed E-state index contributed by atoms with van der Waals surface area (Å²) in [6, 6.07) is 5.21. The molecule has 8 heteroatoms. The number of benzene rings is 1. The average molecular weight is 355 g/mol. The smallest absolute Gasteiger partial charge is 0.251 e. The molecule has 3 aliphatic rings. The summed E-state index contributed by atoms with van der Waals surface area (Å²) in [4.78, 5) is 12.6. The number of azo groups is 1. The van der Waals surface area contributed by atoms with Crippen LogP contribution >= 0.6 is 0 Å². The maximum Gasteiger partial charge on any atom is 0.251 e. The average Bonchev–Trinajstić information content (AvgIpc) is 3.07. The zero-order valence-electron chi connectivity index (χ0n) is 13.9. The molecule has 1 aromatic rings. The van der Waals surface area contributed by atoms with E-state index in [9.17, 15) is 14.4 Å². The highest BCUT2D eigenvalue weighted by Crippen LogP contribution is 2.39. The van der Waals surface area contributed by atoms with Gasteiger partial charge < -0.3 is 10.6 Å². The van der Waals surface area contributed by atoms with Gasteiger partial charge in [-0.2, -0.15) is 0 Å². The van der Waals surface area contributed by atoms with Gasteiger partial charge in [-0.1, -0.05) is 0 Å². The van der Waals surface area contributed by atoms with Gasteiger partial charge in [0.1, 0.15) is 11.5 Å². The molecule has 3 heterocycles. The molecule has 134 valence electrons. The van der Waals surface area contributed by atoms with Crippen molar-refractivity contribution in [2.45, 2.75) is 18.9 Å². The molecule has 7 nitrogen and oxygen atoms in total. The Balaban J connectivity index is 1.63. The fraction of sp³-hybridized carbons (Fsp3) is 0.278. The van der Waals surface area contributed by atoms with Crippen molar-refractivity contribution in [3.05, 3.63) is 59.2 Å². The molecule has 0 aromatic heterocycles. The van der Waals surface area contributed by atoms with E-state index in [1.54, 1.807) is 18.2 Å². The molecule has 4 rings (SSSR count). The van der Waals surface area contributed by atoms with Crippen LogP contribution in [-0.4, -0.2) is 35.3 Å². The molecular formula is C18H18FN5O2. The van der Waals surface area contributed by atoms with Crippen LogP contribution in [0.1, 0.15) is 28.8 Å². The zero-order chi connectivity index (χ0) is 18.1. The lowest BCUT2D eigenvalue weighted by Gasteiger charge is -2.23. The third kappa shape index (κ3) is 3.16. The van der Waals surface area contributed by atoms with Crippen molar-refractivity contribution in [1.29, 1.82) is 0 Å². The Morgan fingerprint density at radius 2 is 2.12 bits per heavy atom. The number of nitrogens with zero attached hydrogens (tertiary/aromatic N) is 3. The predicted octanol–water partition coefficient (Wildman–Crippen LogP) is 3.01. The van der Waals surface area contributed by atoms with Gasteiger partial charge in [0.2, 0.25) is 0 Å². The van der Waals surface area contributed by atoms with Gasteiger partial charge in [0.25, 0.3) is 5.91 Å². The molecule has 0 unspecified atom stereocenters. The number of carbonyl (C=O) groups excluding carboxylic acids is 1. The monoisotopic (exact) mass is 355 g/mol. The minimum absolute atomic E-state index is 0.151. The number of nitrogens with one attached hydrogen (secondary N) is 2. The largest absolute Gasteiger partial charge is 0.349 e. The summed E-state index contributed by atoms with van der Waals surface area (Å²) in [5.74, 6) is -0.664. The van der Waals surface area contributed by atoms with Crippen molar-refractivity contribution in [2.75, 3.05) is 13.1 Å². The molecule has 26 heavy (non-hydrogen) atoms. The van der Waals surface area contributed by atoms with E-state index in [0.29, 0.717) is 22.5 Å². The maximum atomic E-state index is 13.6. The lowest BCUT2D eigenvalue weighted by atomic mass is 10.0. The number of piperidine rings is 1. The number of amides is 1. The number of rotatable bonds is 2. The van der Waals surface area contributed by atoms with E-state index in [2.05, 4.69) is 20.9 Å². The normalized spacial score (nSPS) is 22.4. The molecule has 0 aliphatic carbocycles. The summed E-state index contributed by atoms with van der Waals surface area (Å²) in [5.41, 5.74) is 2.12. The van der Waals surface area contributed by atoms with Crippen molar-refractivity contribution < 1.29 is 14.4 Å². The molecule has 1 fully saturated rings. The number of allylic oxidation sites excluding steroid dienone is 3. The van der Waals surface area contributed by atoms with E-state index >= 15 is 0 Å². The maximum absolute atomic E-state index is 13.6. The number of carbonyl (C=O) groups is 1. The SMILES string of the molecule is O=C(NC1CCNCC1)c1ccc2c(c1)/C(=C1/C=C(F)C=CN1O)N=N2. The molecule has 1 amide bonds. The Morgan fingerprint density at radius 1 is 1.31 bits per heavy atom. The highest BCUT2D eigenvalue weighted by atomic mass is 19.1. The zero-order valence-corrected chi connectivity index (χ0v) is 13.9. The third-order valence-corrected chi connectivity index (χ3v) is 4.58. The second-order valence-corrected chi connectivity index (χ2v) is 6.35. The molecule has 0 bridgehead atoms.